The summed E-state index contributed by atoms with van der Waals surface area (Å²) < 4.78 is 5.67. The Hall–Kier alpha value is -1.70. The number of ether oxygens (including phenoxy) is 1. The van der Waals surface area contributed by atoms with Crippen LogP contribution in [0.4, 0.5) is 5.95 Å². The maximum atomic E-state index is 11.1. The van der Waals surface area contributed by atoms with Crippen molar-refractivity contribution in [2.75, 3.05) is 31.2 Å². The standard InChI is InChI=1S/C13H17BrN4O3/c1-2-20-12(19)4-3-5-21-17-11-8-18(9-11)13-15-6-10(14)7-16-13/h6-7H,2-5,8-9H2,1H3. The fraction of sp³-hybridized carbons (Fsp3) is 0.538. The molecule has 1 aliphatic rings. The third-order valence-electron chi connectivity index (χ3n) is 2.75. The number of oxime groups is 1. The minimum atomic E-state index is -0.198. The van der Waals surface area contributed by atoms with E-state index in [2.05, 4.69) is 31.1 Å². The maximum Gasteiger partial charge on any atom is 0.305 e. The molecule has 0 radical (unpaired) electrons. The van der Waals surface area contributed by atoms with Gasteiger partial charge in [0.05, 0.1) is 29.9 Å². The Morgan fingerprint density at radius 2 is 2.14 bits per heavy atom. The molecule has 1 fully saturated rings. The highest BCUT2D eigenvalue weighted by molar-refractivity contribution is 9.10. The first kappa shape index (κ1) is 15.7. The van der Waals surface area contributed by atoms with Crippen LogP contribution in [0, 0.1) is 0 Å². The van der Waals surface area contributed by atoms with Crippen LogP contribution < -0.4 is 4.90 Å². The van der Waals surface area contributed by atoms with Crippen LogP contribution in [0.2, 0.25) is 0 Å². The van der Waals surface area contributed by atoms with Crippen LogP contribution in [0.3, 0.4) is 0 Å². The number of carbonyl (C=O) groups is 1. The molecule has 0 atom stereocenters. The molecule has 0 aliphatic carbocycles. The highest BCUT2D eigenvalue weighted by Gasteiger charge is 2.24. The van der Waals surface area contributed by atoms with Gasteiger partial charge in [-0.3, -0.25) is 4.79 Å². The molecule has 0 N–H and O–H groups in total. The third-order valence-corrected chi connectivity index (χ3v) is 3.16. The van der Waals surface area contributed by atoms with Crippen LogP contribution in [-0.2, 0) is 14.4 Å². The first-order valence-electron chi connectivity index (χ1n) is 6.75. The molecular formula is C13H17BrN4O3. The van der Waals surface area contributed by atoms with E-state index in [1.807, 2.05) is 4.90 Å². The van der Waals surface area contributed by atoms with Crippen LogP contribution >= 0.6 is 15.9 Å². The van der Waals surface area contributed by atoms with Crippen molar-refractivity contribution < 1.29 is 14.4 Å². The van der Waals surface area contributed by atoms with Crippen LogP contribution in [0.25, 0.3) is 0 Å². The lowest BCUT2D eigenvalue weighted by Crippen LogP contribution is -2.48. The topological polar surface area (TPSA) is 76.9 Å². The van der Waals surface area contributed by atoms with Crippen molar-refractivity contribution in [3.63, 3.8) is 0 Å². The number of nitrogens with zero attached hydrogens (tertiary/aromatic N) is 4. The maximum absolute atomic E-state index is 11.1. The zero-order valence-corrected chi connectivity index (χ0v) is 13.4. The molecule has 0 saturated carbocycles. The second-order valence-electron chi connectivity index (χ2n) is 4.46. The van der Waals surface area contributed by atoms with Crippen molar-refractivity contribution in [2.24, 2.45) is 5.16 Å². The molecule has 21 heavy (non-hydrogen) atoms. The van der Waals surface area contributed by atoms with Gasteiger partial charge in [0.15, 0.2) is 0 Å². The Morgan fingerprint density at radius 1 is 1.43 bits per heavy atom. The zero-order chi connectivity index (χ0) is 15.1. The molecule has 1 aliphatic heterocycles. The van der Waals surface area contributed by atoms with Gasteiger partial charge in [0, 0.05) is 18.8 Å². The lowest BCUT2D eigenvalue weighted by molar-refractivity contribution is -0.143. The number of rotatable bonds is 7. The van der Waals surface area contributed by atoms with Gasteiger partial charge in [0.2, 0.25) is 5.95 Å². The summed E-state index contributed by atoms with van der Waals surface area (Å²) in [5.41, 5.74) is 0.942. The number of hydrogen-bond acceptors (Lipinski definition) is 7. The molecular weight excluding hydrogens is 340 g/mol. The van der Waals surface area contributed by atoms with E-state index >= 15 is 0 Å². The Morgan fingerprint density at radius 3 is 2.81 bits per heavy atom. The van der Waals surface area contributed by atoms with Crippen LogP contribution in [-0.4, -0.2) is 48.0 Å². The predicted octanol–water partition coefficient (Wildman–Crippen LogP) is 1.77. The molecule has 114 valence electrons. The lowest BCUT2D eigenvalue weighted by atomic mass is 10.2. The highest BCUT2D eigenvalue weighted by atomic mass is 79.9. The molecule has 2 rings (SSSR count). The third kappa shape index (κ3) is 4.96. The molecule has 8 heteroatoms. The molecule has 0 amide bonds. The minimum Gasteiger partial charge on any atom is -0.466 e. The van der Waals surface area contributed by atoms with Gasteiger partial charge in [-0.05, 0) is 29.3 Å². The lowest BCUT2D eigenvalue weighted by Gasteiger charge is -2.31. The first-order valence-corrected chi connectivity index (χ1v) is 7.54. The molecule has 0 aromatic carbocycles. The van der Waals surface area contributed by atoms with Crippen molar-refractivity contribution >= 4 is 33.6 Å². The summed E-state index contributed by atoms with van der Waals surface area (Å²) in [6.07, 6.45) is 4.39. The van der Waals surface area contributed by atoms with Crippen molar-refractivity contribution in [3.8, 4) is 0 Å². The number of anilines is 1. The fourth-order valence-electron chi connectivity index (χ4n) is 1.71. The number of aromatic nitrogens is 2. The number of halogens is 1. The van der Waals surface area contributed by atoms with E-state index in [-0.39, 0.29) is 5.97 Å². The van der Waals surface area contributed by atoms with Gasteiger partial charge in [-0.2, -0.15) is 0 Å². The molecule has 1 aromatic heterocycles. The summed E-state index contributed by atoms with van der Waals surface area (Å²) in [6, 6.07) is 0. The number of esters is 1. The van der Waals surface area contributed by atoms with Crippen molar-refractivity contribution in [1.29, 1.82) is 0 Å². The van der Waals surface area contributed by atoms with Gasteiger partial charge in [0.25, 0.3) is 0 Å². The zero-order valence-electron chi connectivity index (χ0n) is 11.8. The first-order chi connectivity index (χ1) is 10.2. The van der Waals surface area contributed by atoms with Gasteiger partial charge < -0.3 is 14.5 Å². The van der Waals surface area contributed by atoms with Crippen LogP contribution in [0.5, 0.6) is 0 Å². The smallest absolute Gasteiger partial charge is 0.305 e. The summed E-state index contributed by atoms with van der Waals surface area (Å²) in [5, 5.41) is 4.02. The van der Waals surface area contributed by atoms with Gasteiger partial charge in [-0.15, -0.1) is 0 Å². The summed E-state index contributed by atoms with van der Waals surface area (Å²) in [6.45, 7) is 3.95. The Labute approximate surface area is 131 Å². The molecule has 1 saturated heterocycles. The molecule has 7 nitrogen and oxygen atoms in total. The van der Waals surface area contributed by atoms with E-state index in [4.69, 9.17) is 9.57 Å². The average molecular weight is 357 g/mol. The quantitative estimate of drug-likeness (QED) is 0.421. The predicted molar refractivity (Wildman–Crippen MR) is 81.2 cm³/mol. The molecule has 1 aromatic rings. The second kappa shape index (κ2) is 7.92. The second-order valence-corrected chi connectivity index (χ2v) is 5.37. The van der Waals surface area contributed by atoms with Crippen LogP contribution in [0.15, 0.2) is 22.0 Å². The molecule has 0 bridgehead atoms. The number of hydrogen-bond donors (Lipinski definition) is 0. The minimum absolute atomic E-state index is 0.198. The van der Waals surface area contributed by atoms with E-state index in [0.29, 0.717) is 45.1 Å². The van der Waals surface area contributed by atoms with Crippen molar-refractivity contribution in [3.05, 3.63) is 16.9 Å². The monoisotopic (exact) mass is 356 g/mol. The van der Waals surface area contributed by atoms with Gasteiger partial charge in [-0.1, -0.05) is 5.16 Å². The average Bonchev–Trinajstić information content (AvgIpc) is 2.42. The summed E-state index contributed by atoms with van der Waals surface area (Å²) in [4.78, 5) is 26.7. The summed E-state index contributed by atoms with van der Waals surface area (Å²) in [7, 11) is 0. The largest absolute Gasteiger partial charge is 0.466 e. The fourth-order valence-corrected chi connectivity index (χ4v) is 1.92. The van der Waals surface area contributed by atoms with E-state index < -0.39 is 0 Å². The summed E-state index contributed by atoms with van der Waals surface area (Å²) >= 11 is 3.29. The molecule has 2 heterocycles. The summed E-state index contributed by atoms with van der Waals surface area (Å²) in [5.74, 6) is 0.482. The normalized spacial score (nSPS) is 13.6. The molecule has 0 spiro atoms. The SMILES string of the molecule is CCOC(=O)CCCON=C1CN(c2ncc(Br)cn2)C1. The van der Waals surface area contributed by atoms with Crippen LogP contribution in [0.1, 0.15) is 19.8 Å². The van der Waals surface area contributed by atoms with Crippen molar-refractivity contribution in [2.45, 2.75) is 19.8 Å². The Balaban J connectivity index is 1.61. The van der Waals surface area contributed by atoms with E-state index in [1.165, 1.54) is 0 Å². The molecule has 0 unspecified atom stereocenters. The van der Waals surface area contributed by atoms with Crippen molar-refractivity contribution in [1.82, 2.24) is 9.97 Å². The van der Waals surface area contributed by atoms with Gasteiger partial charge in [0.1, 0.15) is 6.61 Å². The van der Waals surface area contributed by atoms with E-state index in [0.717, 1.165) is 10.2 Å². The highest BCUT2D eigenvalue weighted by Crippen LogP contribution is 2.15. The van der Waals surface area contributed by atoms with E-state index in [9.17, 15) is 4.79 Å². The number of carbonyl (C=O) groups excluding carboxylic acids is 1. The van der Waals surface area contributed by atoms with Gasteiger partial charge >= 0.3 is 5.97 Å². The Kier molecular flexibility index (Phi) is 5.91. The Bertz CT molecular complexity index is 499. The van der Waals surface area contributed by atoms with Gasteiger partial charge in [-0.25, -0.2) is 9.97 Å². The van der Waals surface area contributed by atoms with E-state index in [1.54, 1.807) is 19.3 Å².